The number of hydrogen-bond donors (Lipinski definition) is 1. The number of fused-ring (bicyclic) bond motifs is 1. The van der Waals surface area contributed by atoms with Gasteiger partial charge in [-0.05, 0) is 6.07 Å². The van der Waals surface area contributed by atoms with Crippen LogP contribution in [0.4, 0.5) is 0 Å². The van der Waals surface area contributed by atoms with Crippen LogP contribution in [0.5, 0.6) is 5.75 Å². The first-order valence-corrected chi connectivity index (χ1v) is 4.74. The summed E-state index contributed by atoms with van der Waals surface area (Å²) in [6.07, 6.45) is 0. The summed E-state index contributed by atoms with van der Waals surface area (Å²) in [5, 5.41) is 0.653. The van der Waals surface area contributed by atoms with Gasteiger partial charge in [-0.15, -0.1) is 0 Å². The van der Waals surface area contributed by atoms with Crippen molar-refractivity contribution >= 4 is 11.6 Å². The molecule has 0 saturated carbocycles. The van der Waals surface area contributed by atoms with Gasteiger partial charge >= 0.3 is 0 Å². The van der Waals surface area contributed by atoms with Crippen molar-refractivity contribution in [2.75, 3.05) is 6.61 Å². The van der Waals surface area contributed by atoms with E-state index < -0.39 is 0 Å². The number of rotatable bonds is 0. The van der Waals surface area contributed by atoms with Crippen LogP contribution in [0.3, 0.4) is 0 Å². The zero-order valence-corrected chi connectivity index (χ0v) is 8.21. The minimum atomic E-state index is 0.0439. The van der Waals surface area contributed by atoms with Gasteiger partial charge in [0.25, 0.3) is 0 Å². The molecule has 1 aliphatic heterocycles. The van der Waals surface area contributed by atoms with Gasteiger partial charge in [0, 0.05) is 17.5 Å². The fraction of sp³-hybridized carbons (Fsp3) is 0.400. The average Bonchev–Trinajstić information content (AvgIpc) is 2.12. The van der Waals surface area contributed by atoms with Crippen molar-refractivity contribution in [3.63, 3.8) is 0 Å². The first kappa shape index (κ1) is 8.85. The molecule has 0 radical (unpaired) electrons. The van der Waals surface area contributed by atoms with Crippen molar-refractivity contribution < 1.29 is 4.74 Å². The normalized spacial score (nSPS) is 26.4. The predicted molar refractivity (Wildman–Crippen MR) is 53.0 cm³/mol. The number of ether oxygens (including phenoxy) is 1. The van der Waals surface area contributed by atoms with Crippen LogP contribution in [0.2, 0.25) is 5.02 Å². The van der Waals surface area contributed by atoms with E-state index in [1.54, 1.807) is 0 Å². The van der Waals surface area contributed by atoms with E-state index >= 15 is 0 Å². The molecule has 1 heterocycles. The molecule has 13 heavy (non-hydrogen) atoms. The van der Waals surface area contributed by atoms with Crippen molar-refractivity contribution in [3.05, 3.63) is 28.8 Å². The Kier molecular flexibility index (Phi) is 2.18. The topological polar surface area (TPSA) is 35.2 Å². The molecule has 2 nitrogen and oxygen atoms in total. The molecule has 0 aliphatic carbocycles. The quantitative estimate of drug-likeness (QED) is 0.693. The van der Waals surface area contributed by atoms with E-state index in [1.807, 2.05) is 18.2 Å². The number of nitrogens with two attached hydrogens (primary N) is 1. The van der Waals surface area contributed by atoms with Crippen molar-refractivity contribution in [1.29, 1.82) is 0 Å². The summed E-state index contributed by atoms with van der Waals surface area (Å²) in [7, 11) is 0. The van der Waals surface area contributed by atoms with Gasteiger partial charge < -0.3 is 10.5 Å². The molecule has 1 aromatic rings. The van der Waals surface area contributed by atoms with Crippen LogP contribution >= 0.6 is 11.6 Å². The van der Waals surface area contributed by atoms with Gasteiger partial charge in [-0.25, -0.2) is 0 Å². The second-order valence-electron chi connectivity index (χ2n) is 3.47. The van der Waals surface area contributed by atoms with E-state index in [2.05, 4.69) is 6.92 Å². The second-order valence-corrected chi connectivity index (χ2v) is 3.88. The molecule has 0 amide bonds. The summed E-state index contributed by atoms with van der Waals surface area (Å²) in [6, 6.07) is 5.75. The summed E-state index contributed by atoms with van der Waals surface area (Å²) < 4.78 is 5.52. The molecule has 2 N–H and O–H groups in total. The number of para-hydroxylation sites is 1. The van der Waals surface area contributed by atoms with E-state index in [1.165, 1.54) is 0 Å². The van der Waals surface area contributed by atoms with Crippen LogP contribution in [0, 0.1) is 5.92 Å². The summed E-state index contributed by atoms with van der Waals surface area (Å²) in [4.78, 5) is 0. The van der Waals surface area contributed by atoms with Gasteiger partial charge in [0.15, 0.2) is 0 Å². The lowest BCUT2D eigenvalue weighted by Gasteiger charge is -2.29. The summed E-state index contributed by atoms with van der Waals surface area (Å²) in [6.45, 7) is 2.73. The van der Waals surface area contributed by atoms with Gasteiger partial charge in [0.1, 0.15) is 5.75 Å². The standard InChI is InChI=1S/C10H12ClNO/c1-6-5-13-10-7(9(6)12)3-2-4-8(10)11/h2-4,6,9H,5,12H2,1H3. The molecule has 2 rings (SSSR count). The molecule has 2 unspecified atom stereocenters. The third kappa shape index (κ3) is 1.40. The zero-order valence-electron chi connectivity index (χ0n) is 7.46. The third-order valence-corrected chi connectivity index (χ3v) is 2.76. The maximum atomic E-state index is 6.02. The molecule has 0 bridgehead atoms. The Balaban J connectivity index is 2.49. The highest BCUT2D eigenvalue weighted by Crippen LogP contribution is 2.38. The van der Waals surface area contributed by atoms with Gasteiger partial charge in [0.05, 0.1) is 11.6 Å². The maximum absolute atomic E-state index is 6.02. The maximum Gasteiger partial charge on any atom is 0.142 e. The number of halogens is 1. The van der Waals surface area contributed by atoms with Crippen molar-refractivity contribution in [2.24, 2.45) is 11.7 Å². The van der Waals surface area contributed by atoms with Crippen molar-refractivity contribution in [1.82, 2.24) is 0 Å². The molecule has 70 valence electrons. The lowest BCUT2D eigenvalue weighted by atomic mass is 9.93. The Morgan fingerprint density at radius 1 is 1.54 bits per heavy atom. The fourth-order valence-corrected chi connectivity index (χ4v) is 1.80. The Morgan fingerprint density at radius 2 is 2.31 bits per heavy atom. The van der Waals surface area contributed by atoms with E-state index in [0.717, 1.165) is 11.3 Å². The largest absolute Gasteiger partial charge is 0.491 e. The minimum absolute atomic E-state index is 0.0439. The molecular formula is C10H12ClNO. The number of benzene rings is 1. The van der Waals surface area contributed by atoms with Crippen molar-refractivity contribution in [3.8, 4) is 5.75 Å². The van der Waals surface area contributed by atoms with E-state index in [-0.39, 0.29) is 6.04 Å². The zero-order chi connectivity index (χ0) is 9.42. The highest BCUT2D eigenvalue weighted by atomic mass is 35.5. The van der Waals surface area contributed by atoms with Crippen LogP contribution < -0.4 is 10.5 Å². The predicted octanol–water partition coefficient (Wildman–Crippen LogP) is 2.37. The lowest BCUT2D eigenvalue weighted by molar-refractivity contribution is 0.207. The van der Waals surface area contributed by atoms with Crippen LogP contribution in [-0.2, 0) is 0 Å². The molecule has 2 atom stereocenters. The van der Waals surface area contributed by atoms with Crippen LogP contribution in [-0.4, -0.2) is 6.61 Å². The monoisotopic (exact) mass is 197 g/mol. The van der Waals surface area contributed by atoms with Crippen LogP contribution in [0.15, 0.2) is 18.2 Å². The van der Waals surface area contributed by atoms with E-state index in [0.29, 0.717) is 17.5 Å². The Bertz CT molecular complexity index is 327. The molecule has 1 aliphatic rings. The van der Waals surface area contributed by atoms with E-state index in [4.69, 9.17) is 22.1 Å². The molecular weight excluding hydrogens is 186 g/mol. The smallest absolute Gasteiger partial charge is 0.142 e. The minimum Gasteiger partial charge on any atom is -0.491 e. The van der Waals surface area contributed by atoms with Crippen LogP contribution in [0.25, 0.3) is 0 Å². The Morgan fingerprint density at radius 3 is 3.08 bits per heavy atom. The average molecular weight is 198 g/mol. The van der Waals surface area contributed by atoms with E-state index in [9.17, 15) is 0 Å². The van der Waals surface area contributed by atoms with Gasteiger partial charge in [-0.3, -0.25) is 0 Å². The summed E-state index contributed by atoms with van der Waals surface area (Å²) in [5.74, 6) is 1.11. The summed E-state index contributed by atoms with van der Waals surface area (Å²) in [5.41, 5.74) is 7.04. The molecule has 3 heteroatoms. The molecule has 0 aromatic heterocycles. The highest BCUT2D eigenvalue weighted by Gasteiger charge is 2.25. The Hall–Kier alpha value is -0.730. The molecule has 1 aromatic carbocycles. The summed E-state index contributed by atoms with van der Waals surface area (Å²) >= 11 is 5.97. The molecule has 0 saturated heterocycles. The van der Waals surface area contributed by atoms with Gasteiger partial charge in [-0.1, -0.05) is 30.7 Å². The van der Waals surface area contributed by atoms with Gasteiger partial charge in [0.2, 0.25) is 0 Å². The fourth-order valence-electron chi connectivity index (χ4n) is 1.57. The third-order valence-electron chi connectivity index (χ3n) is 2.46. The first-order chi connectivity index (χ1) is 6.20. The van der Waals surface area contributed by atoms with Crippen LogP contribution in [0.1, 0.15) is 18.5 Å². The van der Waals surface area contributed by atoms with Gasteiger partial charge in [-0.2, -0.15) is 0 Å². The highest BCUT2D eigenvalue weighted by molar-refractivity contribution is 6.32. The molecule has 0 fully saturated rings. The van der Waals surface area contributed by atoms with Crippen molar-refractivity contribution in [2.45, 2.75) is 13.0 Å². The lowest BCUT2D eigenvalue weighted by Crippen LogP contribution is -2.29. The SMILES string of the molecule is CC1COc2c(Cl)cccc2C1N. The molecule has 0 spiro atoms. The Labute approximate surface area is 82.6 Å². The number of hydrogen-bond acceptors (Lipinski definition) is 2. The second kappa shape index (κ2) is 3.20. The first-order valence-electron chi connectivity index (χ1n) is 4.37.